The first-order valence-electron chi connectivity index (χ1n) is 8.10. The number of nitro benzene ring substituents is 1. The zero-order chi connectivity index (χ0) is 18.0. The number of benzene rings is 2. The van der Waals surface area contributed by atoms with Gasteiger partial charge in [-0.25, -0.2) is 0 Å². The maximum Gasteiger partial charge on any atom is 0.273 e. The Morgan fingerprint density at radius 3 is 2.40 bits per heavy atom. The van der Waals surface area contributed by atoms with Crippen LogP contribution in [0.1, 0.15) is 27.0 Å². The van der Waals surface area contributed by atoms with Crippen molar-refractivity contribution >= 4 is 11.6 Å². The molecule has 0 heterocycles. The van der Waals surface area contributed by atoms with Crippen molar-refractivity contribution in [1.29, 1.82) is 0 Å². The third kappa shape index (κ3) is 3.25. The Morgan fingerprint density at radius 1 is 1.20 bits per heavy atom. The quantitative estimate of drug-likeness (QED) is 0.670. The highest BCUT2D eigenvalue weighted by Gasteiger charge is 2.37. The molecule has 0 atom stereocenters. The Balaban J connectivity index is 1.75. The standard InChI is InChI=1S/C19H20N2O4/c1-13-16(8-5-9-17(13)21(23)24)18(22)20-12-19(25-2)10-14-6-3-4-7-15(14)11-19/h3-9H,10-12H2,1-2H3,(H,20,22). The summed E-state index contributed by atoms with van der Waals surface area (Å²) in [6.07, 6.45) is 1.46. The van der Waals surface area contributed by atoms with E-state index in [0.717, 1.165) is 12.8 Å². The third-order valence-corrected chi connectivity index (χ3v) is 4.89. The molecule has 3 rings (SSSR count). The SMILES string of the molecule is COC1(CNC(=O)c2cccc([N+](=O)[O-])c2C)Cc2ccccc2C1. The van der Waals surface area contributed by atoms with Gasteiger partial charge in [-0.15, -0.1) is 0 Å². The van der Waals surface area contributed by atoms with E-state index < -0.39 is 10.5 Å². The topological polar surface area (TPSA) is 81.5 Å². The maximum atomic E-state index is 12.5. The van der Waals surface area contributed by atoms with E-state index >= 15 is 0 Å². The number of nitro groups is 1. The lowest BCUT2D eigenvalue weighted by Gasteiger charge is -2.28. The van der Waals surface area contributed by atoms with Crippen molar-refractivity contribution in [2.75, 3.05) is 13.7 Å². The predicted octanol–water partition coefficient (Wildman–Crippen LogP) is 2.82. The molecule has 0 fully saturated rings. The zero-order valence-electron chi connectivity index (χ0n) is 14.2. The maximum absolute atomic E-state index is 12.5. The molecule has 2 aromatic carbocycles. The number of carbonyl (C=O) groups excluding carboxylic acids is 1. The van der Waals surface area contributed by atoms with Crippen LogP contribution >= 0.6 is 0 Å². The highest BCUT2D eigenvalue weighted by Crippen LogP contribution is 2.32. The van der Waals surface area contributed by atoms with Gasteiger partial charge in [-0.2, -0.15) is 0 Å². The van der Waals surface area contributed by atoms with Gasteiger partial charge in [-0.3, -0.25) is 14.9 Å². The Kier molecular flexibility index (Phi) is 4.55. The number of nitrogens with zero attached hydrogens (tertiary/aromatic N) is 1. The van der Waals surface area contributed by atoms with Gasteiger partial charge >= 0.3 is 0 Å². The van der Waals surface area contributed by atoms with E-state index in [2.05, 4.69) is 17.4 Å². The van der Waals surface area contributed by atoms with E-state index in [1.165, 1.54) is 23.3 Å². The molecule has 1 aliphatic rings. The zero-order valence-corrected chi connectivity index (χ0v) is 14.2. The van der Waals surface area contributed by atoms with Crippen molar-refractivity contribution < 1.29 is 14.5 Å². The molecule has 2 aromatic rings. The van der Waals surface area contributed by atoms with Gasteiger partial charge in [0, 0.05) is 43.7 Å². The van der Waals surface area contributed by atoms with Crippen LogP contribution in [0.15, 0.2) is 42.5 Å². The van der Waals surface area contributed by atoms with Gasteiger partial charge in [0.2, 0.25) is 0 Å². The molecule has 1 aliphatic carbocycles. The van der Waals surface area contributed by atoms with Gasteiger partial charge < -0.3 is 10.1 Å². The predicted molar refractivity (Wildman–Crippen MR) is 93.8 cm³/mol. The molecule has 130 valence electrons. The van der Waals surface area contributed by atoms with E-state index in [9.17, 15) is 14.9 Å². The van der Waals surface area contributed by atoms with Crippen molar-refractivity contribution in [3.05, 3.63) is 74.8 Å². The molecule has 0 aliphatic heterocycles. The molecular weight excluding hydrogens is 320 g/mol. The summed E-state index contributed by atoms with van der Waals surface area (Å²) in [7, 11) is 1.65. The Labute approximate surface area is 146 Å². The van der Waals surface area contributed by atoms with Crippen LogP contribution in [-0.2, 0) is 17.6 Å². The molecule has 6 heteroatoms. The Bertz CT molecular complexity index is 807. The summed E-state index contributed by atoms with van der Waals surface area (Å²) >= 11 is 0. The molecule has 0 aromatic heterocycles. The first-order chi connectivity index (χ1) is 12.0. The smallest absolute Gasteiger partial charge is 0.273 e. The Morgan fingerprint density at radius 2 is 1.84 bits per heavy atom. The monoisotopic (exact) mass is 340 g/mol. The van der Waals surface area contributed by atoms with Crippen LogP contribution in [0.4, 0.5) is 5.69 Å². The number of rotatable bonds is 5. The number of fused-ring (bicyclic) bond motifs is 1. The molecule has 0 spiro atoms. The molecule has 0 saturated heterocycles. The van der Waals surface area contributed by atoms with Crippen molar-refractivity contribution in [2.24, 2.45) is 0 Å². The minimum Gasteiger partial charge on any atom is -0.376 e. The lowest BCUT2D eigenvalue weighted by Crippen LogP contribution is -2.45. The van der Waals surface area contributed by atoms with Gasteiger partial charge in [0.05, 0.1) is 10.5 Å². The van der Waals surface area contributed by atoms with Crippen LogP contribution in [0.5, 0.6) is 0 Å². The number of hydrogen-bond donors (Lipinski definition) is 1. The summed E-state index contributed by atoms with van der Waals surface area (Å²) in [5.74, 6) is -0.325. The van der Waals surface area contributed by atoms with Crippen LogP contribution < -0.4 is 5.32 Å². The Hall–Kier alpha value is -2.73. The molecular formula is C19H20N2O4. The second-order valence-electron chi connectivity index (χ2n) is 6.40. The largest absolute Gasteiger partial charge is 0.376 e. The summed E-state index contributed by atoms with van der Waals surface area (Å²) in [5, 5.41) is 13.9. The van der Waals surface area contributed by atoms with Crippen molar-refractivity contribution in [3.8, 4) is 0 Å². The van der Waals surface area contributed by atoms with Gasteiger partial charge in [-0.1, -0.05) is 30.3 Å². The minimum absolute atomic E-state index is 0.0534. The fourth-order valence-corrected chi connectivity index (χ4v) is 3.40. The lowest BCUT2D eigenvalue weighted by atomic mass is 9.99. The van der Waals surface area contributed by atoms with Crippen molar-refractivity contribution in [3.63, 3.8) is 0 Å². The first-order valence-corrected chi connectivity index (χ1v) is 8.10. The molecule has 6 nitrogen and oxygen atoms in total. The summed E-state index contributed by atoms with van der Waals surface area (Å²) in [6.45, 7) is 1.93. The van der Waals surface area contributed by atoms with E-state index in [1.54, 1.807) is 20.1 Å². The average Bonchev–Trinajstić information content (AvgIpc) is 2.99. The van der Waals surface area contributed by atoms with Crippen molar-refractivity contribution in [2.45, 2.75) is 25.4 Å². The molecule has 1 amide bonds. The van der Waals surface area contributed by atoms with E-state index in [0.29, 0.717) is 17.7 Å². The molecule has 1 N–H and O–H groups in total. The molecule has 0 unspecified atom stereocenters. The first kappa shape index (κ1) is 17.1. The van der Waals surface area contributed by atoms with Gasteiger partial charge in [0.15, 0.2) is 0 Å². The van der Waals surface area contributed by atoms with Crippen LogP contribution in [0.25, 0.3) is 0 Å². The fourth-order valence-electron chi connectivity index (χ4n) is 3.40. The number of amides is 1. The second-order valence-corrected chi connectivity index (χ2v) is 6.40. The van der Waals surface area contributed by atoms with E-state index in [-0.39, 0.29) is 11.6 Å². The van der Waals surface area contributed by atoms with Crippen LogP contribution in [0.3, 0.4) is 0 Å². The van der Waals surface area contributed by atoms with Gasteiger partial charge in [-0.05, 0) is 24.1 Å². The lowest BCUT2D eigenvalue weighted by molar-refractivity contribution is -0.385. The van der Waals surface area contributed by atoms with Crippen molar-refractivity contribution in [1.82, 2.24) is 5.32 Å². The number of carbonyl (C=O) groups is 1. The summed E-state index contributed by atoms with van der Waals surface area (Å²) < 4.78 is 5.74. The summed E-state index contributed by atoms with van der Waals surface area (Å²) in [6, 6.07) is 12.7. The number of nitrogens with one attached hydrogen (secondary N) is 1. The summed E-state index contributed by atoms with van der Waals surface area (Å²) in [5.41, 5.74) is 2.60. The number of ether oxygens (including phenoxy) is 1. The highest BCUT2D eigenvalue weighted by molar-refractivity contribution is 5.96. The van der Waals surface area contributed by atoms with Crippen LogP contribution in [-0.4, -0.2) is 30.1 Å². The highest BCUT2D eigenvalue weighted by atomic mass is 16.6. The van der Waals surface area contributed by atoms with Crippen LogP contribution in [0.2, 0.25) is 0 Å². The second kappa shape index (κ2) is 6.64. The minimum atomic E-state index is -0.478. The van der Waals surface area contributed by atoms with Gasteiger partial charge in [0.25, 0.3) is 11.6 Å². The summed E-state index contributed by atoms with van der Waals surface area (Å²) in [4.78, 5) is 23.1. The molecule has 25 heavy (non-hydrogen) atoms. The number of methoxy groups -OCH3 is 1. The van der Waals surface area contributed by atoms with Crippen LogP contribution in [0, 0.1) is 17.0 Å². The van der Waals surface area contributed by atoms with Gasteiger partial charge in [0.1, 0.15) is 0 Å². The molecule has 0 radical (unpaired) electrons. The molecule has 0 saturated carbocycles. The molecule has 0 bridgehead atoms. The normalized spacial score (nSPS) is 14.8. The van der Waals surface area contributed by atoms with E-state index in [1.807, 2.05) is 12.1 Å². The fraction of sp³-hybridized carbons (Fsp3) is 0.316. The number of hydrogen-bond acceptors (Lipinski definition) is 4. The average molecular weight is 340 g/mol. The third-order valence-electron chi connectivity index (χ3n) is 4.89. The van der Waals surface area contributed by atoms with E-state index in [4.69, 9.17) is 4.74 Å².